The van der Waals surface area contributed by atoms with Crippen molar-refractivity contribution in [1.29, 1.82) is 0 Å². The van der Waals surface area contributed by atoms with Crippen molar-refractivity contribution in [2.45, 2.75) is 20.3 Å². The van der Waals surface area contributed by atoms with Crippen LogP contribution in [0.3, 0.4) is 0 Å². The maximum absolute atomic E-state index is 11.2. The molecule has 80 valence electrons. The summed E-state index contributed by atoms with van der Waals surface area (Å²) in [6.45, 7) is 3.98. The first-order chi connectivity index (χ1) is 7.18. The Hall–Kier alpha value is -1.57. The molecule has 0 N–H and O–H groups in total. The lowest BCUT2D eigenvalue weighted by Gasteiger charge is -2.01. The summed E-state index contributed by atoms with van der Waals surface area (Å²) in [7, 11) is 0. The van der Waals surface area contributed by atoms with Crippen molar-refractivity contribution < 1.29 is 9.53 Å². The zero-order valence-electron chi connectivity index (χ0n) is 9.14. The molecular formula is C13H16O2. The van der Waals surface area contributed by atoms with Gasteiger partial charge in [0.2, 0.25) is 0 Å². The molecule has 1 aromatic carbocycles. The fourth-order valence-electron chi connectivity index (χ4n) is 1.13. The van der Waals surface area contributed by atoms with E-state index in [0.29, 0.717) is 12.3 Å². The van der Waals surface area contributed by atoms with E-state index in [0.717, 1.165) is 5.56 Å². The molecule has 1 rings (SSSR count). The van der Waals surface area contributed by atoms with Gasteiger partial charge in [-0.05, 0) is 17.6 Å². The van der Waals surface area contributed by atoms with Crippen LogP contribution in [0.4, 0.5) is 0 Å². The van der Waals surface area contributed by atoms with Crippen LogP contribution in [-0.2, 0) is 9.53 Å². The molecule has 0 saturated heterocycles. The third kappa shape index (κ3) is 5.01. The molecular weight excluding hydrogens is 188 g/mol. The molecule has 0 aliphatic carbocycles. The van der Waals surface area contributed by atoms with E-state index in [9.17, 15) is 4.79 Å². The van der Waals surface area contributed by atoms with Gasteiger partial charge in [-0.1, -0.05) is 44.2 Å². The molecule has 0 aromatic heterocycles. The fraction of sp³-hybridized carbons (Fsp3) is 0.308. The van der Waals surface area contributed by atoms with Crippen molar-refractivity contribution in [2.24, 2.45) is 5.92 Å². The lowest BCUT2D eigenvalue weighted by molar-refractivity contribution is -0.138. The summed E-state index contributed by atoms with van der Waals surface area (Å²) in [6, 6.07) is 9.73. The molecule has 2 nitrogen and oxygen atoms in total. The summed E-state index contributed by atoms with van der Waals surface area (Å²) in [6.07, 6.45) is 3.68. The maximum atomic E-state index is 11.2. The Labute approximate surface area is 90.6 Å². The molecule has 0 bridgehead atoms. The molecule has 0 amide bonds. The minimum Gasteiger partial charge on any atom is -0.434 e. The predicted molar refractivity (Wildman–Crippen MR) is 61.0 cm³/mol. The topological polar surface area (TPSA) is 26.3 Å². The van der Waals surface area contributed by atoms with Gasteiger partial charge in [0.15, 0.2) is 0 Å². The van der Waals surface area contributed by atoms with Gasteiger partial charge in [0, 0.05) is 6.42 Å². The Bertz CT molecular complexity index is 326. The number of esters is 1. The normalized spacial score (nSPS) is 10.9. The van der Waals surface area contributed by atoms with Gasteiger partial charge in [0.05, 0.1) is 6.26 Å². The van der Waals surface area contributed by atoms with Crippen LogP contribution in [0.5, 0.6) is 0 Å². The molecule has 15 heavy (non-hydrogen) atoms. The predicted octanol–water partition coefficient (Wildman–Crippen LogP) is 3.25. The van der Waals surface area contributed by atoms with Crippen LogP contribution in [0.15, 0.2) is 36.6 Å². The lowest BCUT2D eigenvalue weighted by Crippen LogP contribution is -2.03. The second-order valence-electron chi connectivity index (χ2n) is 3.80. The van der Waals surface area contributed by atoms with E-state index >= 15 is 0 Å². The highest BCUT2D eigenvalue weighted by Gasteiger charge is 2.03. The smallest absolute Gasteiger partial charge is 0.310 e. The molecule has 1 aromatic rings. The van der Waals surface area contributed by atoms with Crippen molar-refractivity contribution in [3.63, 3.8) is 0 Å². The monoisotopic (exact) mass is 204 g/mol. The van der Waals surface area contributed by atoms with Gasteiger partial charge in [-0.3, -0.25) is 4.79 Å². The van der Waals surface area contributed by atoms with Crippen LogP contribution in [0.2, 0.25) is 0 Å². The molecule has 0 aliphatic rings. The average molecular weight is 204 g/mol. The summed E-state index contributed by atoms with van der Waals surface area (Å²) in [5.41, 5.74) is 1.02. The Morgan fingerprint density at radius 3 is 2.60 bits per heavy atom. The molecule has 0 spiro atoms. The summed E-state index contributed by atoms with van der Waals surface area (Å²) in [4.78, 5) is 11.2. The standard InChI is InChI=1S/C13H16O2/c1-11(2)10-13(14)15-9-8-12-6-4-3-5-7-12/h3-9,11H,10H2,1-2H3/b9-8+. The largest absolute Gasteiger partial charge is 0.434 e. The van der Waals surface area contributed by atoms with E-state index in [1.165, 1.54) is 6.26 Å². The molecule has 0 unspecified atom stereocenters. The first-order valence-corrected chi connectivity index (χ1v) is 5.09. The van der Waals surface area contributed by atoms with E-state index in [4.69, 9.17) is 4.74 Å². The second-order valence-corrected chi connectivity index (χ2v) is 3.80. The van der Waals surface area contributed by atoms with Crippen molar-refractivity contribution in [3.05, 3.63) is 42.2 Å². The summed E-state index contributed by atoms with van der Waals surface area (Å²) in [5, 5.41) is 0. The van der Waals surface area contributed by atoms with Crippen molar-refractivity contribution in [1.82, 2.24) is 0 Å². The van der Waals surface area contributed by atoms with Gasteiger partial charge >= 0.3 is 5.97 Å². The van der Waals surface area contributed by atoms with Gasteiger partial charge in [0.25, 0.3) is 0 Å². The lowest BCUT2D eigenvalue weighted by atomic mass is 10.1. The quantitative estimate of drug-likeness (QED) is 0.556. The number of benzene rings is 1. The molecule has 0 heterocycles. The van der Waals surface area contributed by atoms with Crippen LogP contribution in [-0.4, -0.2) is 5.97 Å². The number of hydrogen-bond acceptors (Lipinski definition) is 2. The van der Waals surface area contributed by atoms with Gasteiger partial charge < -0.3 is 4.74 Å². The second kappa shape index (κ2) is 6.02. The molecule has 0 fully saturated rings. The van der Waals surface area contributed by atoms with Crippen molar-refractivity contribution in [2.75, 3.05) is 0 Å². The first kappa shape index (κ1) is 11.5. The van der Waals surface area contributed by atoms with Gasteiger partial charge in [-0.15, -0.1) is 0 Å². The molecule has 0 radical (unpaired) electrons. The summed E-state index contributed by atoms with van der Waals surface area (Å²) < 4.78 is 4.94. The fourth-order valence-corrected chi connectivity index (χ4v) is 1.13. The summed E-state index contributed by atoms with van der Waals surface area (Å²) in [5.74, 6) is 0.153. The highest BCUT2D eigenvalue weighted by Crippen LogP contribution is 2.04. The van der Waals surface area contributed by atoms with Crippen LogP contribution in [0, 0.1) is 5.92 Å². The average Bonchev–Trinajstić information content (AvgIpc) is 2.18. The van der Waals surface area contributed by atoms with Gasteiger partial charge in [-0.2, -0.15) is 0 Å². The highest BCUT2D eigenvalue weighted by molar-refractivity contribution is 5.70. The number of carbonyl (C=O) groups excluding carboxylic acids is 1. The van der Waals surface area contributed by atoms with Crippen LogP contribution < -0.4 is 0 Å². The zero-order valence-corrected chi connectivity index (χ0v) is 9.14. The van der Waals surface area contributed by atoms with E-state index < -0.39 is 0 Å². The van der Waals surface area contributed by atoms with Crippen molar-refractivity contribution >= 4 is 12.0 Å². The molecule has 0 saturated carbocycles. The maximum Gasteiger partial charge on any atom is 0.310 e. The number of rotatable bonds is 4. The number of hydrogen-bond donors (Lipinski definition) is 0. The van der Waals surface area contributed by atoms with E-state index in [-0.39, 0.29) is 5.97 Å². The zero-order chi connectivity index (χ0) is 11.1. The van der Waals surface area contributed by atoms with Crippen LogP contribution in [0.25, 0.3) is 6.08 Å². The molecule has 0 atom stereocenters. The minimum absolute atomic E-state index is 0.183. The Morgan fingerprint density at radius 2 is 2.00 bits per heavy atom. The highest BCUT2D eigenvalue weighted by atomic mass is 16.5. The van der Waals surface area contributed by atoms with E-state index in [1.807, 2.05) is 44.2 Å². The van der Waals surface area contributed by atoms with E-state index in [2.05, 4.69) is 0 Å². The third-order valence-electron chi connectivity index (χ3n) is 1.83. The molecule has 0 aliphatic heterocycles. The first-order valence-electron chi connectivity index (χ1n) is 5.09. The van der Waals surface area contributed by atoms with Crippen LogP contribution in [0.1, 0.15) is 25.8 Å². The summed E-state index contributed by atoms with van der Waals surface area (Å²) >= 11 is 0. The number of carbonyl (C=O) groups is 1. The minimum atomic E-state index is -0.183. The van der Waals surface area contributed by atoms with Crippen molar-refractivity contribution in [3.8, 4) is 0 Å². The van der Waals surface area contributed by atoms with Crippen LogP contribution >= 0.6 is 0 Å². The Kier molecular flexibility index (Phi) is 4.61. The molecule has 2 heteroatoms. The van der Waals surface area contributed by atoms with Gasteiger partial charge in [-0.25, -0.2) is 0 Å². The number of ether oxygens (including phenoxy) is 1. The van der Waals surface area contributed by atoms with E-state index in [1.54, 1.807) is 6.08 Å². The van der Waals surface area contributed by atoms with Gasteiger partial charge in [0.1, 0.15) is 0 Å². The Morgan fingerprint density at radius 1 is 1.33 bits per heavy atom. The third-order valence-corrected chi connectivity index (χ3v) is 1.83. The Balaban J connectivity index is 2.37. The SMILES string of the molecule is CC(C)CC(=O)O/C=C/c1ccccc1.